The maximum atomic E-state index is 13.1. The zero-order chi connectivity index (χ0) is 41.0. The first-order valence-electron chi connectivity index (χ1n) is 24.6. The third-order valence-corrected chi connectivity index (χ3v) is 11.3. The van der Waals surface area contributed by atoms with Crippen LogP contribution in [0.15, 0.2) is 24.3 Å². The van der Waals surface area contributed by atoms with Gasteiger partial charge in [0.25, 0.3) is 0 Å². The van der Waals surface area contributed by atoms with E-state index in [9.17, 15) is 19.8 Å². The first-order valence-corrected chi connectivity index (χ1v) is 24.6. The minimum atomic E-state index is -0.788. The summed E-state index contributed by atoms with van der Waals surface area (Å²) in [6.07, 6.45) is 49.5. The Balaban J connectivity index is 4.52. The van der Waals surface area contributed by atoms with E-state index in [1.54, 1.807) is 0 Å². The maximum Gasteiger partial charge on any atom is 0.306 e. The summed E-state index contributed by atoms with van der Waals surface area (Å²) < 4.78 is 5.90. The van der Waals surface area contributed by atoms with Gasteiger partial charge in [-0.25, -0.2) is 0 Å². The Bertz CT molecular complexity index is 889. The molecule has 330 valence electrons. The molecule has 0 saturated heterocycles. The summed E-state index contributed by atoms with van der Waals surface area (Å²) in [6.45, 7) is 6.44. The molecule has 0 saturated carbocycles. The van der Waals surface area contributed by atoms with Gasteiger partial charge in [-0.1, -0.05) is 193 Å². The van der Waals surface area contributed by atoms with Crippen molar-refractivity contribution in [3.05, 3.63) is 24.3 Å². The monoisotopic (exact) mass is 790 g/mol. The van der Waals surface area contributed by atoms with E-state index in [2.05, 4.69) is 50.4 Å². The van der Waals surface area contributed by atoms with E-state index in [-0.39, 0.29) is 24.9 Å². The molecule has 0 radical (unpaired) electrons. The van der Waals surface area contributed by atoms with Crippen LogP contribution in [0.2, 0.25) is 0 Å². The number of allylic oxidation sites excluding steroid dienone is 4. The van der Waals surface area contributed by atoms with Gasteiger partial charge >= 0.3 is 5.97 Å². The van der Waals surface area contributed by atoms with E-state index in [0.29, 0.717) is 19.3 Å². The number of unbranched alkanes of at least 4 members (excludes halogenated alkanes) is 28. The molecule has 6 nitrogen and oxygen atoms in total. The lowest BCUT2D eigenvalue weighted by molar-refractivity contribution is -0.151. The van der Waals surface area contributed by atoms with E-state index in [1.165, 1.54) is 135 Å². The lowest BCUT2D eigenvalue weighted by atomic mass is 10.0. The Morgan fingerprint density at radius 1 is 0.500 bits per heavy atom. The van der Waals surface area contributed by atoms with Crippen molar-refractivity contribution in [2.24, 2.45) is 0 Å². The first-order chi connectivity index (χ1) is 27.5. The summed E-state index contributed by atoms with van der Waals surface area (Å²) in [4.78, 5) is 26.0. The molecule has 0 heterocycles. The van der Waals surface area contributed by atoms with Crippen LogP contribution in [0.1, 0.15) is 258 Å². The molecule has 0 bridgehead atoms. The third kappa shape index (κ3) is 39.2. The molecule has 0 rings (SSSR count). The zero-order valence-electron chi connectivity index (χ0n) is 37.5. The molecule has 0 aliphatic rings. The molecule has 0 aliphatic heterocycles. The number of hydrogen-bond acceptors (Lipinski definition) is 5. The van der Waals surface area contributed by atoms with Crippen LogP contribution in [0.3, 0.4) is 0 Å². The predicted octanol–water partition coefficient (Wildman–Crippen LogP) is 14.3. The van der Waals surface area contributed by atoms with Gasteiger partial charge in [0.2, 0.25) is 5.91 Å². The molecular formula is C50H95NO5. The van der Waals surface area contributed by atoms with Crippen molar-refractivity contribution in [3.8, 4) is 0 Å². The van der Waals surface area contributed by atoms with E-state index in [4.69, 9.17) is 4.74 Å². The van der Waals surface area contributed by atoms with Gasteiger partial charge in [-0.2, -0.15) is 0 Å². The Kier molecular flexibility index (Phi) is 43.1. The molecule has 3 unspecified atom stereocenters. The molecule has 6 heteroatoms. The summed E-state index contributed by atoms with van der Waals surface area (Å²) in [6, 6.07) is -0.702. The van der Waals surface area contributed by atoms with Crippen molar-refractivity contribution in [3.63, 3.8) is 0 Å². The Hall–Kier alpha value is -1.66. The SMILES string of the molecule is CCCCC/C=C\CCCCCC(CC(=O)NC(CO)C(O)CCCCCCCCCCCCC)OC(=O)CCCCCCC/C=C/CCCCCCCCC. The highest BCUT2D eigenvalue weighted by Crippen LogP contribution is 2.17. The molecule has 1 amide bonds. The van der Waals surface area contributed by atoms with Gasteiger partial charge in [-0.3, -0.25) is 9.59 Å². The number of esters is 1. The normalized spacial score (nSPS) is 13.4. The van der Waals surface area contributed by atoms with Gasteiger partial charge in [0.15, 0.2) is 0 Å². The van der Waals surface area contributed by atoms with Crippen LogP contribution in [0.4, 0.5) is 0 Å². The second-order valence-electron chi connectivity index (χ2n) is 16.9. The fourth-order valence-corrected chi connectivity index (χ4v) is 7.48. The van der Waals surface area contributed by atoms with Crippen LogP contribution in [0.5, 0.6) is 0 Å². The molecule has 0 aromatic heterocycles. The fourth-order valence-electron chi connectivity index (χ4n) is 7.48. The van der Waals surface area contributed by atoms with Crippen LogP contribution in [0, 0.1) is 0 Å². The van der Waals surface area contributed by atoms with Gasteiger partial charge in [0.1, 0.15) is 6.10 Å². The smallest absolute Gasteiger partial charge is 0.306 e. The fraction of sp³-hybridized carbons (Fsp3) is 0.880. The van der Waals surface area contributed by atoms with Crippen molar-refractivity contribution in [2.75, 3.05) is 6.61 Å². The lowest BCUT2D eigenvalue weighted by Crippen LogP contribution is -2.46. The minimum Gasteiger partial charge on any atom is -0.462 e. The zero-order valence-corrected chi connectivity index (χ0v) is 37.5. The summed E-state index contributed by atoms with van der Waals surface area (Å²) >= 11 is 0. The molecule has 3 N–H and O–H groups in total. The van der Waals surface area contributed by atoms with Crippen molar-refractivity contribution in [1.29, 1.82) is 0 Å². The summed E-state index contributed by atoms with van der Waals surface area (Å²) in [5, 5.41) is 23.6. The summed E-state index contributed by atoms with van der Waals surface area (Å²) in [5.41, 5.74) is 0. The van der Waals surface area contributed by atoms with E-state index in [1.807, 2.05) is 0 Å². The van der Waals surface area contributed by atoms with Crippen LogP contribution in [-0.2, 0) is 14.3 Å². The summed E-state index contributed by atoms with van der Waals surface area (Å²) in [7, 11) is 0. The molecule has 3 atom stereocenters. The lowest BCUT2D eigenvalue weighted by Gasteiger charge is -2.24. The maximum absolute atomic E-state index is 13.1. The highest BCUT2D eigenvalue weighted by atomic mass is 16.5. The largest absolute Gasteiger partial charge is 0.462 e. The average molecular weight is 790 g/mol. The first kappa shape index (κ1) is 54.3. The molecular weight excluding hydrogens is 695 g/mol. The summed E-state index contributed by atoms with van der Waals surface area (Å²) in [5.74, 6) is -0.493. The van der Waals surface area contributed by atoms with Crippen molar-refractivity contribution < 1.29 is 24.5 Å². The van der Waals surface area contributed by atoms with Crippen LogP contribution in [0.25, 0.3) is 0 Å². The van der Waals surface area contributed by atoms with E-state index >= 15 is 0 Å². The standard InChI is InChI=1S/C50H95NO5/c1-4-7-10-13-16-19-22-23-24-25-26-28-31-34-37-40-43-50(55)56-46(41-38-35-32-29-21-18-15-12-9-6-3)44-49(54)51-47(45-52)48(53)42-39-36-33-30-27-20-17-14-11-8-5-2/h18,21,24-25,46-48,52-53H,4-17,19-20,22-23,26-45H2,1-3H3,(H,51,54)/b21-18-,25-24+. The van der Waals surface area contributed by atoms with Crippen LogP contribution < -0.4 is 5.32 Å². The quantitative estimate of drug-likeness (QED) is 0.0324. The van der Waals surface area contributed by atoms with E-state index < -0.39 is 18.2 Å². The van der Waals surface area contributed by atoms with Gasteiger partial charge < -0.3 is 20.3 Å². The van der Waals surface area contributed by atoms with Gasteiger partial charge in [-0.15, -0.1) is 0 Å². The Labute approximate surface area is 348 Å². The van der Waals surface area contributed by atoms with Crippen LogP contribution in [-0.4, -0.2) is 46.9 Å². The van der Waals surface area contributed by atoms with Crippen molar-refractivity contribution in [2.45, 2.75) is 277 Å². The topological polar surface area (TPSA) is 95.9 Å². The molecule has 0 spiro atoms. The second kappa shape index (κ2) is 44.4. The highest BCUT2D eigenvalue weighted by molar-refractivity contribution is 5.77. The Morgan fingerprint density at radius 3 is 1.32 bits per heavy atom. The molecule has 0 aromatic rings. The van der Waals surface area contributed by atoms with Gasteiger partial charge in [0.05, 0.1) is 25.2 Å². The molecule has 0 fully saturated rings. The van der Waals surface area contributed by atoms with Crippen LogP contribution >= 0.6 is 0 Å². The number of amides is 1. The number of rotatable bonds is 44. The number of nitrogens with one attached hydrogen (secondary N) is 1. The number of carbonyl (C=O) groups is 2. The van der Waals surface area contributed by atoms with Gasteiger partial charge in [0, 0.05) is 6.42 Å². The number of hydrogen-bond donors (Lipinski definition) is 3. The number of carbonyl (C=O) groups excluding carboxylic acids is 2. The number of aliphatic hydroxyl groups excluding tert-OH is 2. The predicted molar refractivity (Wildman–Crippen MR) is 241 cm³/mol. The second-order valence-corrected chi connectivity index (χ2v) is 16.9. The molecule has 56 heavy (non-hydrogen) atoms. The highest BCUT2D eigenvalue weighted by Gasteiger charge is 2.24. The average Bonchev–Trinajstić information content (AvgIpc) is 3.19. The van der Waals surface area contributed by atoms with Crippen molar-refractivity contribution >= 4 is 11.9 Å². The Morgan fingerprint density at radius 2 is 0.857 bits per heavy atom. The molecule has 0 aromatic carbocycles. The number of aliphatic hydroxyl groups is 2. The third-order valence-electron chi connectivity index (χ3n) is 11.3. The minimum absolute atomic E-state index is 0.0667. The molecule has 0 aliphatic carbocycles. The van der Waals surface area contributed by atoms with Crippen molar-refractivity contribution in [1.82, 2.24) is 5.32 Å². The van der Waals surface area contributed by atoms with Gasteiger partial charge in [-0.05, 0) is 77.0 Å². The number of ether oxygens (including phenoxy) is 1. The van der Waals surface area contributed by atoms with E-state index in [0.717, 1.165) is 77.0 Å².